The van der Waals surface area contributed by atoms with E-state index < -0.39 is 0 Å². The number of nitrogens with zero attached hydrogens (tertiary/aromatic N) is 2. The SMILES string of the molecule is CCOCC(C)Nc1nc(NC)nc2ccccc12. The number of nitrogens with one attached hydrogen (secondary N) is 2. The Morgan fingerprint density at radius 3 is 2.79 bits per heavy atom. The Kier molecular flexibility index (Phi) is 4.52. The fraction of sp³-hybridized carbons (Fsp3) is 0.429. The molecule has 0 radical (unpaired) electrons. The first-order chi connectivity index (χ1) is 9.24. The second-order valence-electron chi connectivity index (χ2n) is 4.37. The molecule has 1 unspecified atom stereocenters. The number of hydrogen-bond acceptors (Lipinski definition) is 5. The minimum absolute atomic E-state index is 0.197. The van der Waals surface area contributed by atoms with Gasteiger partial charge >= 0.3 is 0 Å². The lowest BCUT2D eigenvalue weighted by molar-refractivity contribution is 0.141. The molecule has 102 valence electrons. The standard InChI is InChI=1S/C14H20N4O/c1-4-19-9-10(2)16-13-11-7-5-6-8-12(11)17-14(15-3)18-13/h5-8,10H,4,9H2,1-3H3,(H2,15,16,17,18). The minimum atomic E-state index is 0.197. The van der Waals surface area contributed by atoms with Crippen molar-refractivity contribution >= 4 is 22.7 Å². The largest absolute Gasteiger partial charge is 0.380 e. The summed E-state index contributed by atoms with van der Waals surface area (Å²) < 4.78 is 5.41. The quantitative estimate of drug-likeness (QED) is 0.835. The van der Waals surface area contributed by atoms with Crippen molar-refractivity contribution < 1.29 is 4.74 Å². The third kappa shape index (κ3) is 3.32. The first kappa shape index (κ1) is 13.5. The summed E-state index contributed by atoms with van der Waals surface area (Å²) in [5.41, 5.74) is 0.924. The monoisotopic (exact) mass is 260 g/mol. The zero-order chi connectivity index (χ0) is 13.7. The minimum Gasteiger partial charge on any atom is -0.380 e. The van der Waals surface area contributed by atoms with Gasteiger partial charge in [-0.2, -0.15) is 4.98 Å². The number of para-hydroxylation sites is 1. The molecule has 0 saturated carbocycles. The Labute approximate surface area is 113 Å². The molecule has 0 bridgehead atoms. The van der Waals surface area contributed by atoms with Gasteiger partial charge < -0.3 is 15.4 Å². The fourth-order valence-corrected chi connectivity index (χ4v) is 1.87. The molecule has 2 rings (SSSR count). The van der Waals surface area contributed by atoms with Gasteiger partial charge in [0.2, 0.25) is 5.95 Å². The molecule has 0 aliphatic carbocycles. The van der Waals surface area contributed by atoms with Crippen LogP contribution >= 0.6 is 0 Å². The second-order valence-corrected chi connectivity index (χ2v) is 4.37. The molecule has 5 heteroatoms. The lowest BCUT2D eigenvalue weighted by Crippen LogP contribution is -2.22. The molecule has 0 aliphatic heterocycles. The van der Waals surface area contributed by atoms with Crippen molar-refractivity contribution in [3.05, 3.63) is 24.3 Å². The van der Waals surface area contributed by atoms with Gasteiger partial charge in [-0.3, -0.25) is 0 Å². The van der Waals surface area contributed by atoms with E-state index in [9.17, 15) is 0 Å². The van der Waals surface area contributed by atoms with Crippen molar-refractivity contribution in [2.24, 2.45) is 0 Å². The van der Waals surface area contributed by atoms with E-state index in [0.717, 1.165) is 23.3 Å². The Morgan fingerprint density at radius 1 is 1.26 bits per heavy atom. The Morgan fingerprint density at radius 2 is 2.05 bits per heavy atom. The van der Waals surface area contributed by atoms with Crippen LogP contribution in [-0.2, 0) is 4.74 Å². The van der Waals surface area contributed by atoms with Gasteiger partial charge in [0.05, 0.1) is 12.1 Å². The van der Waals surface area contributed by atoms with E-state index in [0.29, 0.717) is 12.6 Å². The summed E-state index contributed by atoms with van der Waals surface area (Å²) in [7, 11) is 1.82. The maximum absolute atomic E-state index is 5.41. The maximum atomic E-state index is 5.41. The van der Waals surface area contributed by atoms with E-state index in [1.165, 1.54) is 0 Å². The zero-order valence-corrected chi connectivity index (χ0v) is 11.6. The van der Waals surface area contributed by atoms with Crippen molar-refractivity contribution in [3.63, 3.8) is 0 Å². The number of rotatable bonds is 6. The fourth-order valence-electron chi connectivity index (χ4n) is 1.87. The van der Waals surface area contributed by atoms with Gasteiger partial charge in [0, 0.05) is 25.1 Å². The number of anilines is 2. The molecule has 0 fully saturated rings. The lowest BCUT2D eigenvalue weighted by Gasteiger charge is -2.16. The second kappa shape index (κ2) is 6.33. The van der Waals surface area contributed by atoms with Crippen LogP contribution in [0.25, 0.3) is 10.9 Å². The number of benzene rings is 1. The molecule has 1 atom stereocenters. The van der Waals surface area contributed by atoms with E-state index in [2.05, 4.69) is 27.5 Å². The van der Waals surface area contributed by atoms with Crippen molar-refractivity contribution in [2.45, 2.75) is 19.9 Å². The number of aromatic nitrogens is 2. The summed E-state index contributed by atoms with van der Waals surface area (Å²) in [4.78, 5) is 8.91. The third-order valence-electron chi connectivity index (χ3n) is 2.78. The van der Waals surface area contributed by atoms with Crippen LogP contribution in [0.5, 0.6) is 0 Å². The molecule has 2 N–H and O–H groups in total. The molecule has 1 aromatic carbocycles. The van der Waals surface area contributed by atoms with Crippen molar-refractivity contribution in [2.75, 3.05) is 30.9 Å². The predicted molar refractivity (Wildman–Crippen MR) is 78.7 cm³/mol. The third-order valence-corrected chi connectivity index (χ3v) is 2.78. The summed E-state index contributed by atoms with van der Waals surface area (Å²) in [6, 6.07) is 8.16. The molecule has 0 amide bonds. The Bertz CT molecular complexity index is 544. The summed E-state index contributed by atoms with van der Waals surface area (Å²) in [6.07, 6.45) is 0. The van der Waals surface area contributed by atoms with Gasteiger partial charge in [-0.15, -0.1) is 0 Å². The summed E-state index contributed by atoms with van der Waals surface area (Å²) in [5.74, 6) is 1.45. The van der Waals surface area contributed by atoms with Gasteiger partial charge in [-0.05, 0) is 26.0 Å². The topological polar surface area (TPSA) is 59.1 Å². The van der Waals surface area contributed by atoms with E-state index >= 15 is 0 Å². The van der Waals surface area contributed by atoms with Crippen molar-refractivity contribution in [1.29, 1.82) is 0 Å². The van der Waals surface area contributed by atoms with Gasteiger partial charge in [0.1, 0.15) is 5.82 Å². The lowest BCUT2D eigenvalue weighted by atomic mass is 10.2. The van der Waals surface area contributed by atoms with Crippen LogP contribution in [0, 0.1) is 0 Å². The summed E-state index contributed by atoms with van der Waals surface area (Å²) >= 11 is 0. The zero-order valence-electron chi connectivity index (χ0n) is 11.6. The van der Waals surface area contributed by atoms with Gasteiger partial charge in [0.15, 0.2) is 0 Å². The molecule has 0 aliphatic rings. The molecule has 1 heterocycles. The highest BCUT2D eigenvalue weighted by Gasteiger charge is 2.09. The summed E-state index contributed by atoms with van der Waals surface area (Å²) in [6.45, 7) is 5.44. The highest BCUT2D eigenvalue weighted by atomic mass is 16.5. The average molecular weight is 260 g/mol. The van der Waals surface area contributed by atoms with Crippen LogP contribution < -0.4 is 10.6 Å². The van der Waals surface area contributed by atoms with Crippen molar-refractivity contribution in [3.8, 4) is 0 Å². The molecule has 0 spiro atoms. The Balaban J connectivity index is 2.29. The molecular weight excluding hydrogens is 240 g/mol. The number of ether oxygens (including phenoxy) is 1. The van der Waals surface area contributed by atoms with Crippen LogP contribution in [0.15, 0.2) is 24.3 Å². The van der Waals surface area contributed by atoms with Crippen LogP contribution in [0.2, 0.25) is 0 Å². The molecule has 2 aromatic rings. The Hall–Kier alpha value is -1.88. The van der Waals surface area contributed by atoms with Crippen molar-refractivity contribution in [1.82, 2.24) is 9.97 Å². The molecule has 19 heavy (non-hydrogen) atoms. The molecule has 0 saturated heterocycles. The van der Waals surface area contributed by atoms with E-state index in [1.807, 2.05) is 38.2 Å². The molecular formula is C14H20N4O. The molecule has 5 nitrogen and oxygen atoms in total. The highest BCUT2D eigenvalue weighted by molar-refractivity contribution is 5.90. The van der Waals surface area contributed by atoms with Gasteiger partial charge in [-0.25, -0.2) is 4.98 Å². The van der Waals surface area contributed by atoms with Gasteiger partial charge in [-0.1, -0.05) is 12.1 Å². The van der Waals surface area contributed by atoms with E-state index in [-0.39, 0.29) is 6.04 Å². The predicted octanol–water partition coefficient (Wildman–Crippen LogP) is 2.51. The molecule has 1 aromatic heterocycles. The first-order valence-electron chi connectivity index (χ1n) is 6.53. The highest BCUT2D eigenvalue weighted by Crippen LogP contribution is 2.22. The number of fused-ring (bicyclic) bond motifs is 1. The van der Waals surface area contributed by atoms with Crippen LogP contribution in [-0.4, -0.2) is 36.3 Å². The first-order valence-corrected chi connectivity index (χ1v) is 6.53. The van der Waals surface area contributed by atoms with E-state index in [1.54, 1.807) is 0 Å². The smallest absolute Gasteiger partial charge is 0.224 e. The average Bonchev–Trinajstić information content (AvgIpc) is 2.44. The normalized spacial score (nSPS) is 12.4. The van der Waals surface area contributed by atoms with Crippen LogP contribution in [0.1, 0.15) is 13.8 Å². The van der Waals surface area contributed by atoms with Gasteiger partial charge in [0.25, 0.3) is 0 Å². The van der Waals surface area contributed by atoms with E-state index in [4.69, 9.17) is 4.74 Å². The van der Waals surface area contributed by atoms with Crippen LogP contribution in [0.4, 0.5) is 11.8 Å². The van der Waals surface area contributed by atoms with Crippen LogP contribution in [0.3, 0.4) is 0 Å². The maximum Gasteiger partial charge on any atom is 0.224 e. The summed E-state index contributed by atoms with van der Waals surface area (Å²) in [5, 5.41) is 7.38. The number of hydrogen-bond donors (Lipinski definition) is 2.